The van der Waals surface area contributed by atoms with Gasteiger partial charge in [0.15, 0.2) is 5.78 Å². The van der Waals surface area contributed by atoms with Crippen molar-refractivity contribution in [1.29, 1.82) is 0 Å². The molecule has 18 heavy (non-hydrogen) atoms. The number of carboxylic acids is 1. The number of aliphatic carboxylic acids is 1. The fourth-order valence-electron chi connectivity index (χ4n) is 1.78. The Bertz CT molecular complexity index is 586. The molecular weight excluding hydrogens is 248 g/mol. The Kier molecular flexibility index (Phi) is 3.48. The van der Waals surface area contributed by atoms with Gasteiger partial charge in [-0.15, -0.1) is 11.3 Å². The van der Waals surface area contributed by atoms with E-state index in [-0.39, 0.29) is 18.6 Å². The lowest BCUT2D eigenvalue weighted by molar-refractivity contribution is -0.136. The summed E-state index contributed by atoms with van der Waals surface area (Å²) in [6, 6.07) is 6.00. The topological polar surface area (TPSA) is 54.4 Å². The second kappa shape index (κ2) is 4.90. The molecule has 0 aliphatic heterocycles. The Hall–Kier alpha value is -1.68. The van der Waals surface area contributed by atoms with Gasteiger partial charge < -0.3 is 5.11 Å². The highest BCUT2D eigenvalue weighted by Gasteiger charge is 2.12. The van der Waals surface area contributed by atoms with E-state index in [0.29, 0.717) is 4.88 Å². The molecule has 1 heterocycles. The van der Waals surface area contributed by atoms with Crippen molar-refractivity contribution in [2.24, 2.45) is 0 Å². The molecule has 0 radical (unpaired) electrons. The first-order valence-corrected chi connectivity index (χ1v) is 6.55. The van der Waals surface area contributed by atoms with E-state index in [1.54, 1.807) is 0 Å². The molecule has 0 fully saturated rings. The third-order valence-electron chi connectivity index (χ3n) is 2.97. The molecule has 1 N–H and O–H groups in total. The zero-order valence-corrected chi connectivity index (χ0v) is 11.1. The predicted molar refractivity (Wildman–Crippen MR) is 72.5 cm³/mol. The van der Waals surface area contributed by atoms with E-state index in [0.717, 1.165) is 10.1 Å². The molecule has 4 heteroatoms. The van der Waals surface area contributed by atoms with Crippen molar-refractivity contribution in [1.82, 2.24) is 0 Å². The van der Waals surface area contributed by atoms with Crippen LogP contribution in [-0.4, -0.2) is 16.9 Å². The van der Waals surface area contributed by atoms with E-state index in [4.69, 9.17) is 5.11 Å². The predicted octanol–water partition coefficient (Wildman–Crippen LogP) is 3.57. The van der Waals surface area contributed by atoms with Gasteiger partial charge in [0.05, 0.1) is 11.3 Å². The summed E-state index contributed by atoms with van der Waals surface area (Å²) in [5.74, 6) is -1.02. The van der Waals surface area contributed by atoms with Crippen LogP contribution < -0.4 is 0 Å². The summed E-state index contributed by atoms with van der Waals surface area (Å²) in [6.07, 6.45) is -0.0365. The number of thiophene rings is 1. The van der Waals surface area contributed by atoms with Gasteiger partial charge in [0, 0.05) is 11.1 Å². The highest BCUT2D eigenvalue weighted by Crippen LogP contribution is 2.29. The minimum Gasteiger partial charge on any atom is -0.481 e. The summed E-state index contributed by atoms with van der Waals surface area (Å²) in [6.45, 7) is 4.08. The van der Waals surface area contributed by atoms with Crippen LogP contribution in [-0.2, 0) is 4.79 Å². The Morgan fingerprint density at radius 2 is 1.78 bits per heavy atom. The minimum absolute atomic E-state index is 0.0696. The Labute approximate surface area is 109 Å². The first-order valence-electron chi connectivity index (χ1n) is 5.73. The number of benzene rings is 1. The van der Waals surface area contributed by atoms with Gasteiger partial charge in [-0.3, -0.25) is 9.59 Å². The first kappa shape index (κ1) is 12.8. The Morgan fingerprint density at radius 1 is 1.11 bits per heavy atom. The summed E-state index contributed by atoms with van der Waals surface area (Å²) in [5.41, 5.74) is 2.40. The number of carbonyl (C=O) groups excluding carboxylic acids is 1. The monoisotopic (exact) mass is 262 g/mol. The maximum Gasteiger partial charge on any atom is 0.303 e. The minimum atomic E-state index is -0.934. The molecule has 0 bridgehead atoms. The average molecular weight is 262 g/mol. The maximum atomic E-state index is 11.8. The van der Waals surface area contributed by atoms with Crippen LogP contribution in [0.15, 0.2) is 18.2 Å². The molecule has 0 saturated heterocycles. The summed E-state index contributed by atoms with van der Waals surface area (Å²) in [4.78, 5) is 22.9. The highest BCUT2D eigenvalue weighted by atomic mass is 32.1. The molecular formula is C14H14O3S. The van der Waals surface area contributed by atoms with Gasteiger partial charge in [0.1, 0.15) is 0 Å². The molecule has 3 nitrogen and oxygen atoms in total. The number of carboxylic acid groups (broad SMARTS) is 1. The number of rotatable bonds is 4. The van der Waals surface area contributed by atoms with Crippen molar-refractivity contribution in [3.8, 4) is 0 Å². The molecule has 1 aromatic carbocycles. The molecule has 1 aromatic heterocycles. The molecule has 0 spiro atoms. The van der Waals surface area contributed by atoms with Gasteiger partial charge in [-0.2, -0.15) is 0 Å². The van der Waals surface area contributed by atoms with Crippen LogP contribution in [0, 0.1) is 13.8 Å². The average Bonchev–Trinajstić information content (AvgIpc) is 2.69. The van der Waals surface area contributed by atoms with Crippen LogP contribution in [0.5, 0.6) is 0 Å². The fraction of sp³-hybridized carbons (Fsp3) is 0.286. The van der Waals surface area contributed by atoms with E-state index in [2.05, 4.69) is 12.1 Å². The molecule has 94 valence electrons. The van der Waals surface area contributed by atoms with Crippen LogP contribution in [0.1, 0.15) is 33.6 Å². The van der Waals surface area contributed by atoms with Crippen LogP contribution >= 0.6 is 11.3 Å². The fourth-order valence-corrected chi connectivity index (χ4v) is 2.89. The summed E-state index contributed by atoms with van der Waals surface area (Å²) >= 11 is 1.44. The molecule has 2 rings (SSSR count). The van der Waals surface area contributed by atoms with Gasteiger partial charge in [-0.25, -0.2) is 0 Å². The molecule has 0 aliphatic carbocycles. The van der Waals surface area contributed by atoms with Gasteiger partial charge in [-0.1, -0.05) is 6.07 Å². The summed E-state index contributed by atoms with van der Waals surface area (Å²) in [5, 5.41) is 9.63. The maximum absolute atomic E-state index is 11.8. The van der Waals surface area contributed by atoms with Crippen molar-refractivity contribution in [3.63, 3.8) is 0 Å². The lowest BCUT2D eigenvalue weighted by atomic mass is 10.1. The zero-order chi connectivity index (χ0) is 13.3. The molecule has 0 amide bonds. The molecule has 0 aliphatic rings. The number of fused-ring (bicyclic) bond motifs is 1. The highest BCUT2D eigenvalue weighted by molar-refractivity contribution is 7.20. The third-order valence-corrected chi connectivity index (χ3v) is 4.11. The molecule has 2 aromatic rings. The number of Topliss-reactive ketones (excluding diaryl/α,β-unsaturated/α-hetero) is 1. The molecule has 0 unspecified atom stereocenters. The number of aryl methyl sites for hydroxylation is 2. The van der Waals surface area contributed by atoms with Crippen LogP contribution in [0.2, 0.25) is 0 Å². The SMILES string of the molecule is Cc1cc2cc(C(=O)CCC(=O)O)sc2cc1C. The lowest BCUT2D eigenvalue weighted by Gasteiger charge is -1.97. The van der Waals surface area contributed by atoms with Crippen molar-refractivity contribution in [3.05, 3.63) is 34.2 Å². The van der Waals surface area contributed by atoms with Crippen LogP contribution in [0.4, 0.5) is 0 Å². The normalized spacial score (nSPS) is 10.8. The van der Waals surface area contributed by atoms with Crippen molar-refractivity contribution < 1.29 is 14.7 Å². The van der Waals surface area contributed by atoms with E-state index < -0.39 is 5.97 Å². The van der Waals surface area contributed by atoms with Gasteiger partial charge in [-0.05, 0) is 42.5 Å². The second-order valence-corrected chi connectivity index (χ2v) is 5.49. The number of carbonyl (C=O) groups is 2. The van der Waals surface area contributed by atoms with Crippen molar-refractivity contribution in [2.45, 2.75) is 26.7 Å². The van der Waals surface area contributed by atoms with Gasteiger partial charge in [0.25, 0.3) is 0 Å². The summed E-state index contributed by atoms with van der Waals surface area (Å²) < 4.78 is 1.08. The largest absolute Gasteiger partial charge is 0.481 e. The number of ketones is 1. The second-order valence-electron chi connectivity index (χ2n) is 4.40. The smallest absolute Gasteiger partial charge is 0.303 e. The Morgan fingerprint density at radius 3 is 2.44 bits per heavy atom. The van der Waals surface area contributed by atoms with E-state index in [1.165, 1.54) is 22.5 Å². The number of hydrogen-bond donors (Lipinski definition) is 1. The summed E-state index contributed by atoms with van der Waals surface area (Å²) in [7, 11) is 0. The standard InChI is InChI=1S/C14H14O3S/c1-8-5-10-7-13(11(15)3-4-14(16)17)18-12(10)6-9(8)2/h5-7H,3-4H2,1-2H3,(H,16,17). The van der Waals surface area contributed by atoms with Crippen molar-refractivity contribution >= 4 is 33.2 Å². The number of hydrogen-bond acceptors (Lipinski definition) is 3. The first-order chi connectivity index (χ1) is 8.47. The van der Waals surface area contributed by atoms with Gasteiger partial charge >= 0.3 is 5.97 Å². The van der Waals surface area contributed by atoms with E-state index in [9.17, 15) is 9.59 Å². The molecule has 0 saturated carbocycles. The zero-order valence-electron chi connectivity index (χ0n) is 10.3. The van der Waals surface area contributed by atoms with Gasteiger partial charge in [0.2, 0.25) is 0 Å². The molecule has 0 atom stereocenters. The third kappa shape index (κ3) is 2.59. The lowest BCUT2D eigenvalue weighted by Crippen LogP contribution is -2.01. The van der Waals surface area contributed by atoms with E-state index in [1.807, 2.05) is 19.9 Å². The van der Waals surface area contributed by atoms with Crippen LogP contribution in [0.3, 0.4) is 0 Å². The quantitative estimate of drug-likeness (QED) is 0.857. The van der Waals surface area contributed by atoms with Crippen molar-refractivity contribution in [2.75, 3.05) is 0 Å². The van der Waals surface area contributed by atoms with E-state index >= 15 is 0 Å². The Balaban J connectivity index is 2.30. The van der Waals surface area contributed by atoms with Crippen LogP contribution in [0.25, 0.3) is 10.1 Å².